The van der Waals surface area contributed by atoms with E-state index in [1.165, 1.54) is 5.56 Å². The minimum Gasteiger partial charge on any atom is -0.330 e. The molecule has 0 atom stereocenters. The smallest absolute Gasteiger partial charge is 0.156 e. The second-order valence-electron chi connectivity index (χ2n) is 3.74. The van der Waals surface area contributed by atoms with Gasteiger partial charge in [0.2, 0.25) is 0 Å². The number of aryl methyl sites for hydroxylation is 2. The number of nitrogens with zero attached hydrogens (tertiary/aromatic N) is 4. The SMILES string of the molecule is Cc1cccc(-n2nnnc2CCCN)c1. The predicted molar refractivity (Wildman–Crippen MR) is 61.3 cm³/mol. The third-order valence-electron chi connectivity index (χ3n) is 2.38. The quantitative estimate of drug-likeness (QED) is 0.824. The molecule has 0 amide bonds. The summed E-state index contributed by atoms with van der Waals surface area (Å²) >= 11 is 0. The summed E-state index contributed by atoms with van der Waals surface area (Å²) in [5, 5.41) is 11.7. The molecular formula is C11H15N5. The largest absolute Gasteiger partial charge is 0.330 e. The van der Waals surface area contributed by atoms with Crippen LogP contribution in [0.15, 0.2) is 24.3 Å². The van der Waals surface area contributed by atoms with Crippen molar-refractivity contribution in [3.05, 3.63) is 35.7 Å². The number of benzene rings is 1. The van der Waals surface area contributed by atoms with E-state index >= 15 is 0 Å². The molecule has 1 aromatic carbocycles. The molecular weight excluding hydrogens is 202 g/mol. The number of aromatic nitrogens is 4. The van der Waals surface area contributed by atoms with Crippen LogP contribution in [-0.2, 0) is 6.42 Å². The molecule has 1 aromatic heterocycles. The van der Waals surface area contributed by atoms with Crippen LogP contribution >= 0.6 is 0 Å². The van der Waals surface area contributed by atoms with Crippen molar-refractivity contribution >= 4 is 0 Å². The highest BCUT2D eigenvalue weighted by molar-refractivity contribution is 5.34. The van der Waals surface area contributed by atoms with E-state index in [9.17, 15) is 0 Å². The lowest BCUT2D eigenvalue weighted by Crippen LogP contribution is -2.07. The van der Waals surface area contributed by atoms with Gasteiger partial charge in [0.25, 0.3) is 0 Å². The molecule has 0 saturated carbocycles. The molecule has 0 bridgehead atoms. The van der Waals surface area contributed by atoms with E-state index in [2.05, 4.69) is 21.6 Å². The zero-order chi connectivity index (χ0) is 11.4. The maximum atomic E-state index is 5.48. The molecule has 0 saturated heterocycles. The number of hydrogen-bond donors (Lipinski definition) is 1. The Balaban J connectivity index is 2.29. The monoisotopic (exact) mass is 217 g/mol. The zero-order valence-electron chi connectivity index (χ0n) is 9.30. The predicted octanol–water partition coefficient (Wildman–Crippen LogP) is 0.862. The van der Waals surface area contributed by atoms with Crippen LogP contribution in [-0.4, -0.2) is 26.8 Å². The summed E-state index contributed by atoms with van der Waals surface area (Å²) in [6, 6.07) is 8.10. The van der Waals surface area contributed by atoms with Gasteiger partial charge in [-0.25, -0.2) is 0 Å². The standard InChI is InChI=1S/C11H15N5/c1-9-4-2-5-10(8-9)16-11(6-3-7-12)13-14-15-16/h2,4-5,8H,3,6-7,12H2,1H3. The highest BCUT2D eigenvalue weighted by atomic mass is 15.5. The average Bonchev–Trinajstić information content (AvgIpc) is 2.74. The molecule has 0 aliphatic rings. The number of nitrogens with two attached hydrogens (primary N) is 1. The van der Waals surface area contributed by atoms with Crippen molar-refractivity contribution in [2.45, 2.75) is 19.8 Å². The normalized spacial score (nSPS) is 10.6. The summed E-state index contributed by atoms with van der Waals surface area (Å²) in [6.45, 7) is 2.70. The van der Waals surface area contributed by atoms with Gasteiger partial charge in [0.15, 0.2) is 5.82 Å². The van der Waals surface area contributed by atoms with Gasteiger partial charge in [-0.1, -0.05) is 12.1 Å². The fraction of sp³-hybridized carbons (Fsp3) is 0.364. The molecule has 2 rings (SSSR count). The summed E-state index contributed by atoms with van der Waals surface area (Å²) < 4.78 is 1.77. The summed E-state index contributed by atoms with van der Waals surface area (Å²) in [6.07, 6.45) is 1.70. The lowest BCUT2D eigenvalue weighted by Gasteiger charge is -2.04. The molecule has 1 heterocycles. The second-order valence-corrected chi connectivity index (χ2v) is 3.74. The Morgan fingerprint density at radius 2 is 2.25 bits per heavy atom. The Hall–Kier alpha value is -1.75. The Kier molecular flexibility index (Phi) is 3.26. The Bertz CT molecular complexity index is 463. The van der Waals surface area contributed by atoms with Crippen molar-refractivity contribution in [1.29, 1.82) is 0 Å². The molecule has 5 heteroatoms. The number of tetrazole rings is 1. The molecule has 2 aromatic rings. The lowest BCUT2D eigenvalue weighted by atomic mass is 10.2. The molecule has 5 nitrogen and oxygen atoms in total. The van der Waals surface area contributed by atoms with E-state index < -0.39 is 0 Å². The van der Waals surface area contributed by atoms with Crippen LogP contribution in [0.4, 0.5) is 0 Å². The van der Waals surface area contributed by atoms with Gasteiger partial charge in [-0.05, 0) is 48.0 Å². The van der Waals surface area contributed by atoms with Gasteiger partial charge in [-0.3, -0.25) is 0 Å². The minimum atomic E-state index is 0.653. The molecule has 16 heavy (non-hydrogen) atoms. The number of hydrogen-bond acceptors (Lipinski definition) is 4. The fourth-order valence-electron chi connectivity index (χ4n) is 1.58. The Morgan fingerprint density at radius 1 is 1.38 bits per heavy atom. The molecule has 84 valence electrons. The maximum absolute atomic E-state index is 5.48. The van der Waals surface area contributed by atoms with Gasteiger partial charge in [0.05, 0.1) is 5.69 Å². The highest BCUT2D eigenvalue weighted by Crippen LogP contribution is 2.10. The first kappa shape index (κ1) is 10.8. The van der Waals surface area contributed by atoms with Crippen LogP contribution in [0.2, 0.25) is 0 Å². The van der Waals surface area contributed by atoms with Gasteiger partial charge in [0.1, 0.15) is 0 Å². The van der Waals surface area contributed by atoms with E-state index in [1.54, 1.807) is 4.68 Å². The van der Waals surface area contributed by atoms with E-state index in [0.29, 0.717) is 6.54 Å². The first-order chi connectivity index (χ1) is 7.81. The average molecular weight is 217 g/mol. The van der Waals surface area contributed by atoms with Crippen molar-refractivity contribution in [2.75, 3.05) is 6.54 Å². The fourth-order valence-corrected chi connectivity index (χ4v) is 1.58. The van der Waals surface area contributed by atoms with Crippen molar-refractivity contribution in [1.82, 2.24) is 20.2 Å². The minimum absolute atomic E-state index is 0.653. The van der Waals surface area contributed by atoms with Crippen LogP contribution in [0, 0.1) is 6.92 Å². The van der Waals surface area contributed by atoms with Crippen LogP contribution in [0.5, 0.6) is 0 Å². The van der Waals surface area contributed by atoms with E-state index in [0.717, 1.165) is 24.4 Å². The van der Waals surface area contributed by atoms with E-state index in [4.69, 9.17) is 5.73 Å². The Morgan fingerprint density at radius 3 is 3.00 bits per heavy atom. The van der Waals surface area contributed by atoms with Crippen molar-refractivity contribution in [3.8, 4) is 5.69 Å². The molecule has 0 fully saturated rings. The summed E-state index contributed by atoms with van der Waals surface area (Å²) in [5.74, 6) is 0.857. The van der Waals surface area contributed by atoms with Crippen LogP contribution < -0.4 is 5.73 Å². The van der Waals surface area contributed by atoms with Gasteiger partial charge >= 0.3 is 0 Å². The van der Waals surface area contributed by atoms with Crippen LogP contribution in [0.3, 0.4) is 0 Å². The van der Waals surface area contributed by atoms with Gasteiger partial charge in [-0.2, -0.15) is 4.68 Å². The second kappa shape index (κ2) is 4.85. The van der Waals surface area contributed by atoms with Crippen molar-refractivity contribution in [2.24, 2.45) is 5.73 Å². The van der Waals surface area contributed by atoms with Gasteiger partial charge < -0.3 is 5.73 Å². The summed E-state index contributed by atoms with van der Waals surface area (Å²) in [4.78, 5) is 0. The first-order valence-electron chi connectivity index (χ1n) is 5.35. The molecule has 0 unspecified atom stereocenters. The van der Waals surface area contributed by atoms with Gasteiger partial charge in [-0.15, -0.1) is 5.10 Å². The highest BCUT2D eigenvalue weighted by Gasteiger charge is 2.07. The summed E-state index contributed by atoms with van der Waals surface area (Å²) in [5.41, 5.74) is 7.67. The number of rotatable bonds is 4. The van der Waals surface area contributed by atoms with Crippen molar-refractivity contribution in [3.63, 3.8) is 0 Å². The molecule has 2 N–H and O–H groups in total. The Labute approximate surface area is 94.3 Å². The molecule has 0 aliphatic heterocycles. The van der Waals surface area contributed by atoms with Crippen LogP contribution in [0.25, 0.3) is 5.69 Å². The van der Waals surface area contributed by atoms with Gasteiger partial charge in [0, 0.05) is 6.42 Å². The maximum Gasteiger partial charge on any atom is 0.156 e. The van der Waals surface area contributed by atoms with Crippen LogP contribution in [0.1, 0.15) is 17.8 Å². The topological polar surface area (TPSA) is 69.6 Å². The summed E-state index contributed by atoms with van der Waals surface area (Å²) in [7, 11) is 0. The third-order valence-corrected chi connectivity index (χ3v) is 2.38. The van der Waals surface area contributed by atoms with E-state index in [1.807, 2.05) is 25.1 Å². The molecule has 0 radical (unpaired) electrons. The first-order valence-corrected chi connectivity index (χ1v) is 5.35. The zero-order valence-corrected chi connectivity index (χ0v) is 9.30. The van der Waals surface area contributed by atoms with Crippen molar-refractivity contribution < 1.29 is 0 Å². The molecule has 0 spiro atoms. The lowest BCUT2D eigenvalue weighted by molar-refractivity contribution is 0.726. The van der Waals surface area contributed by atoms with E-state index in [-0.39, 0.29) is 0 Å². The third kappa shape index (κ3) is 2.25. The molecule has 0 aliphatic carbocycles.